The standard InChI is InChI=1S/C24H17FN2O5/c1-2-31-24(30)27-20(13-21(28)18-6-3-7-19(25)22(18)27)15-8-10-17(11-9-15)32-23(29)16-5-4-12-26-14-16/h3-14H,2H2,1H3. The number of carbonyl (C=O) groups is 2. The van der Waals surface area contributed by atoms with Gasteiger partial charge < -0.3 is 9.47 Å². The lowest BCUT2D eigenvalue weighted by molar-refractivity contribution is 0.0734. The summed E-state index contributed by atoms with van der Waals surface area (Å²) in [5, 5.41) is 0.0591. The van der Waals surface area contributed by atoms with Crippen LogP contribution in [0.15, 0.2) is 77.9 Å². The molecule has 2 heterocycles. The molecule has 8 heteroatoms. The minimum absolute atomic E-state index is 0.0591. The summed E-state index contributed by atoms with van der Waals surface area (Å²) in [6.45, 7) is 1.70. The van der Waals surface area contributed by atoms with Crippen molar-refractivity contribution in [2.75, 3.05) is 6.61 Å². The average Bonchev–Trinajstić information content (AvgIpc) is 2.80. The van der Waals surface area contributed by atoms with Gasteiger partial charge in [-0.05, 0) is 61.0 Å². The van der Waals surface area contributed by atoms with Crippen LogP contribution in [0.5, 0.6) is 5.75 Å². The van der Waals surface area contributed by atoms with Crippen LogP contribution in [0.3, 0.4) is 0 Å². The maximum atomic E-state index is 14.7. The summed E-state index contributed by atoms with van der Waals surface area (Å²) in [6, 6.07) is 14.6. The zero-order valence-electron chi connectivity index (χ0n) is 16.9. The maximum Gasteiger partial charge on any atom is 0.419 e. The lowest BCUT2D eigenvalue weighted by Crippen LogP contribution is -2.21. The first-order valence-electron chi connectivity index (χ1n) is 9.73. The number of para-hydroxylation sites is 1. The van der Waals surface area contributed by atoms with Gasteiger partial charge in [0.1, 0.15) is 11.6 Å². The first-order chi connectivity index (χ1) is 15.5. The molecule has 7 nitrogen and oxygen atoms in total. The Hall–Kier alpha value is -4.33. The van der Waals surface area contributed by atoms with E-state index < -0.39 is 23.3 Å². The maximum absolute atomic E-state index is 14.7. The van der Waals surface area contributed by atoms with Crippen LogP contribution < -0.4 is 10.2 Å². The molecule has 160 valence electrons. The highest BCUT2D eigenvalue weighted by Crippen LogP contribution is 2.27. The topological polar surface area (TPSA) is 87.5 Å². The number of ether oxygens (including phenoxy) is 2. The second-order valence-electron chi connectivity index (χ2n) is 6.72. The monoisotopic (exact) mass is 432 g/mol. The van der Waals surface area contributed by atoms with Crippen LogP contribution in [0.25, 0.3) is 22.2 Å². The summed E-state index contributed by atoms with van der Waals surface area (Å²) in [7, 11) is 0. The van der Waals surface area contributed by atoms with Gasteiger partial charge in [-0.3, -0.25) is 9.78 Å². The number of pyridine rings is 2. The average molecular weight is 432 g/mol. The zero-order valence-corrected chi connectivity index (χ0v) is 16.9. The number of halogens is 1. The van der Waals surface area contributed by atoms with Crippen LogP contribution in [-0.4, -0.2) is 28.2 Å². The van der Waals surface area contributed by atoms with E-state index in [2.05, 4.69) is 4.98 Å². The molecule has 2 aromatic heterocycles. The number of benzene rings is 2. The SMILES string of the molecule is CCOC(=O)n1c(-c2ccc(OC(=O)c3cccnc3)cc2)cc(=O)c2cccc(F)c21. The molecule has 0 aliphatic heterocycles. The number of esters is 1. The summed E-state index contributed by atoms with van der Waals surface area (Å²) in [5.41, 5.74) is 0.262. The lowest BCUT2D eigenvalue weighted by Gasteiger charge is -2.16. The lowest BCUT2D eigenvalue weighted by atomic mass is 10.1. The Labute approximate surface area is 181 Å². The van der Waals surface area contributed by atoms with E-state index in [9.17, 15) is 18.8 Å². The van der Waals surface area contributed by atoms with Crippen molar-refractivity contribution in [3.05, 3.63) is 94.7 Å². The second-order valence-corrected chi connectivity index (χ2v) is 6.72. The molecule has 0 radical (unpaired) electrons. The van der Waals surface area contributed by atoms with Crippen molar-refractivity contribution >= 4 is 23.0 Å². The van der Waals surface area contributed by atoms with E-state index in [0.29, 0.717) is 5.56 Å². The van der Waals surface area contributed by atoms with Crippen molar-refractivity contribution in [2.45, 2.75) is 6.92 Å². The highest BCUT2D eigenvalue weighted by molar-refractivity contribution is 5.93. The predicted octanol–water partition coefficient (Wildman–Crippen LogP) is 4.43. The highest BCUT2D eigenvalue weighted by Gasteiger charge is 2.20. The van der Waals surface area contributed by atoms with Crippen molar-refractivity contribution in [3.63, 3.8) is 0 Å². The van der Waals surface area contributed by atoms with Crippen LogP contribution in [0.1, 0.15) is 17.3 Å². The molecule has 0 unspecified atom stereocenters. The van der Waals surface area contributed by atoms with E-state index in [1.165, 1.54) is 42.6 Å². The number of rotatable bonds is 4. The zero-order chi connectivity index (χ0) is 22.7. The van der Waals surface area contributed by atoms with Gasteiger partial charge in [0.25, 0.3) is 0 Å². The van der Waals surface area contributed by atoms with Crippen molar-refractivity contribution in [2.24, 2.45) is 0 Å². The Morgan fingerprint density at radius 1 is 1.06 bits per heavy atom. The second kappa shape index (κ2) is 8.81. The molecule has 0 saturated heterocycles. The molecule has 32 heavy (non-hydrogen) atoms. The third-order valence-corrected chi connectivity index (χ3v) is 4.69. The smallest absolute Gasteiger partial charge is 0.419 e. The quantitative estimate of drug-likeness (QED) is 0.350. The van der Waals surface area contributed by atoms with Gasteiger partial charge in [-0.2, -0.15) is 0 Å². The first-order valence-corrected chi connectivity index (χ1v) is 9.73. The molecule has 0 spiro atoms. The van der Waals surface area contributed by atoms with Gasteiger partial charge in [-0.25, -0.2) is 18.5 Å². The van der Waals surface area contributed by atoms with E-state index in [-0.39, 0.29) is 34.5 Å². The van der Waals surface area contributed by atoms with Crippen LogP contribution in [0, 0.1) is 5.82 Å². The molecule has 4 aromatic rings. The molecule has 0 bridgehead atoms. The van der Waals surface area contributed by atoms with Gasteiger partial charge in [0.15, 0.2) is 5.43 Å². The van der Waals surface area contributed by atoms with Gasteiger partial charge in [0.2, 0.25) is 0 Å². The minimum atomic E-state index is -0.815. The van der Waals surface area contributed by atoms with Crippen molar-refractivity contribution in [3.8, 4) is 17.0 Å². The third-order valence-electron chi connectivity index (χ3n) is 4.69. The molecule has 0 N–H and O–H groups in total. The van der Waals surface area contributed by atoms with E-state index in [1.54, 1.807) is 37.4 Å². The van der Waals surface area contributed by atoms with E-state index in [1.807, 2.05) is 0 Å². The molecule has 0 fully saturated rings. The van der Waals surface area contributed by atoms with E-state index in [4.69, 9.17) is 9.47 Å². The molecule has 0 saturated carbocycles. The summed E-state index contributed by atoms with van der Waals surface area (Å²) in [5.74, 6) is -1.06. The fraction of sp³-hybridized carbons (Fsp3) is 0.0833. The van der Waals surface area contributed by atoms with Gasteiger partial charge in [-0.15, -0.1) is 0 Å². The predicted molar refractivity (Wildman–Crippen MR) is 115 cm³/mol. The number of hydrogen-bond acceptors (Lipinski definition) is 6. The molecule has 0 amide bonds. The van der Waals surface area contributed by atoms with Gasteiger partial charge in [-0.1, -0.05) is 6.07 Å². The van der Waals surface area contributed by atoms with Crippen molar-refractivity contribution in [1.82, 2.24) is 9.55 Å². The summed E-state index contributed by atoms with van der Waals surface area (Å²) >= 11 is 0. The summed E-state index contributed by atoms with van der Waals surface area (Å²) in [6.07, 6.45) is 2.11. The Morgan fingerprint density at radius 2 is 1.84 bits per heavy atom. The van der Waals surface area contributed by atoms with E-state index in [0.717, 1.165) is 4.57 Å². The normalized spacial score (nSPS) is 10.7. The third kappa shape index (κ3) is 3.98. The number of nitrogens with zero attached hydrogens (tertiary/aromatic N) is 2. The summed E-state index contributed by atoms with van der Waals surface area (Å²) < 4.78 is 26.1. The molecule has 0 atom stereocenters. The first kappa shape index (κ1) is 20.9. The number of hydrogen-bond donors (Lipinski definition) is 0. The molecular weight excluding hydrogens is 415 g/mol. The Morgan fingerprint density at radius 3 is 2.53 bits per heavy atom. The number of fused-ring (bicyclic) bond motifs is 1. The largest absolute Gasteiger partial charge is 0.449 e. The van der Waals surface area contributed by atoms with Crippen LogP contribution in [-0.2, 0) is 4.74 Å². The van der Waals surface area contributed by atoms with Gasteiger partial charge >= 0.3 is 12.1 Å². The molecule has 4 rings (SSSR count). The van der Waals surface area contributed by atoms with E-state index >= 15 is 0 Å². The molecular formula is C24H17FN2O5. The van der Waals surface area contributed by atoms with Crippen LogP contribution in [0.2, 0.25) is 0 Å². The number of carbonyl (C=O) groups excluding carboxylic acids is 2. The highest BCUT2D eigenvalue weighted by atomic mass is 19.1. The van der Waals surface area contributed by atoms with Crippen LogP contribution in [0.4, 0.5) is 9.18 Å². The van der Waals surface area contributed by atoms with Crippen molar-refractivity contribution in [1.29, 1.82) is 0 Å². The van der Waals surface area contributed by atoms with Crippen molar-refractivity contribution < 1.29 is 23.5 Å². The molecule has 2 aromatic carbocycles. The Bertz CT molecular complexity index is 1370. The molecule has 0 aliphatic carbocycles. The fourth-order valence-corrected chi connectivity index (χ4v) is 3.26. The van der Waals surface area contributed by atoms with Crippen LogP contribution >= 0.6 is 0 Å². The van der Waals surface area contributed by atoms with Gasteiger partial charge in [0, 0.05) is 23.8 Å². The Kier molecular flexibility index (Phi) is 5.76. The summed E-state index contributed by atoms with van der Waals surface area (Å²) in [4.78, 5) is 41.4. The molecule has 0 aliphatic rings. The minimum Gasteiger partial charge on any atom is -0.449 e. The number of aromatic nitrogens is 2. The van der Waals surface area contributed by atoms with Gasteiger partial charge in [0.05, 0.1) is 23.4 Å². The Balaban J connectivity index is 1.77. The fourth-order valence-electron chi connectivity index (χ4n) is 3.26.